The monoisotopic (exact) mass is 421 g/mol. The lowest BCUT2D eigenvalue weighted by molar-refractivity contribution is -0.126. The third-order valence-corrected chi connectivity index (χ3v) is 6.83. The zero-order valence-corrected chi connectivity index (χ0v) is 19.4. The summed E-state index contributed by atoms with van der Waals surface area (Å²) in [5, 5.41) is 9.85. The first-order valence-electron chi connectivity index (χ1n) is 10.1. The number of fused-ring (bicyclic) bond motifs is 3. The fraction of sp³-hybridized carbons (Fsp3) is 0.435. The number of hydrogen-bond acceptors (Lipinski definition) is 6. The number of carbonyl (C=O) groups is 1. The highest BCUT2D eigenvalue weighted by Gasteiger charge is 2.34. The van der Waals surface area contributed by atoms with Crippen LogP contribution in [-0.2, 0) is 4.79 Å². The van der Waals surface area contributed by atoms with Crippen LogP contribution in [0, 0.1) is 33.1 Å². The number of Topliss-reactive ketones (excluding diaryl/α,β-unsaturated/α-hetero) is 1. The molecule has 1 atom stereocenters. The number of aromatic nitrogens is 4. The highest BCUT2D eigenvalue weighted by Crippen LogP contribution is 2.40. The Morgan fingerprint density at radius 3 is 2.50 bits per heavy atom. The Balaban J connectivity index is 1.98. The van der Waals surface area contributed by atoms with E-state index in [2.05, 4.69) is 39.7 Å². The summed E-state index contributed by atoms with van der Waals surface area (Å²) in [6, 6.07) is 3.66. The van der Waals surface area contributed by atoms with Crippen molar-refractivity contribution in [3.8, 4) is 5.00 Å². The van der Waals surface area contributed by atoms with Crippen molar-refractivity contribution in [1.29, 1.82) is 0 Å². The van der Waals surface area contributed by atoms with Crippen molar-refractivity contribution in [2.45, 2.75) is 60.9 Å². The second-order valence-corrected chi connectivity index (χ2v) is 10.2. The molecule has 30 heavy (non-hydrogen) atoms. The van der Waals surface area contributed by atoms with E-state index in [1.807, 2.05) is 46.9 Å². The third kappa shape index (κ3) is 3.41. The molecule has 0 bridgehead atoms. The lowest BCUT2D eigenvalue weighted by atomic mass is 9.87. The fourth-order valence-electron chi connectivity index (χ4n) is 3.61. The largest absolute Gasteiger partial charge is 0.299 e. The molecular weight excluding hydrogens is 394 g/mol. The van der Waals surface area contributed by atoms with Crippen LogP contribution in [0.2, 0.25) is 0 Å². The summed E-state index contributed by atoms with van der Waals surface area (Å²) in [6.07, 6.45) is 2.16. The normalized spacial score (nSPS) is 16.0. The molecule has 3 aromatic heterocycles. The molecule has 1 aliphatic rings. The Morgan fingerprint density at radius 1 is 1.13 bits per heavy atom. The van der Waals surface area contributed by atoms with Gasteiger partial charge in [0.2, 0.25) is 0 Å². The Hall–Kier alpha value is -2.67. The smallest absolute Gasteiger partial charge is 0.163 e. The molecule has 1 aliphatic heterocycles. The molecule has 156 valence electrons. The molecule has 7 heteroatoms. The summed E-state index contributed by atoms with van der Waals surface area (Å²) >= 11 is 1.72. The van der Waals surface area contributed by atoms with Crippen LogP contribution in [0.1, 0.15) is 72.1 Å². The molecule has 0 aromatic carbocycles. The van der Waals surface area contributed by atoms with Gasteiger partial charge in [0.15, 0.2) is 5.82 Å². The molecule has 6 nitrogen and oxygen atoms in total. The van der Waals surface area contributed by atoms with E-state index in [1.54, 1.807) is 11.3 Å². The maximum atomic E-state index is 12.9. The van der Waals surface area contributed by atoms with Gasteiger partial charge < -0.3 is 0 Å². The summed E-state index contributed by atoms with van der Waals surface area (Å²) in [4.78, 5) is 23.8. The van der Waals surface area contributed by atoms with Crippen LogP contribution in [-0.4, -0.2) is 31.2 Å². The van der Waals surface area contributed by atoms with Crippen molar-refractivity contribution >= 4 is 22.8 Å². The first-order valence-corrected chi connectivity index (χ1v) is 11.0. The molecule has 4 heterocycles. The number of ketones is 1. The van der Waals surface area contributed by atoms with Crippen LogP contribution in [0.15, 0.2) is 23.3 Å². The predicted molar refractivity (Wildman–Crippen MR) is 120 cm³/mol. The molecule has 4 rings (SSSR count). The van der Waals surface area contributed by atoms with Crippen molar-refractivity contribution < 1.29 is 4.79 Å². The van der Waals surface area contributed by atoms with Gasteiger partial charge in [-0.15, -0.1) is 21.5 Å². The van der Waals surface area contributed by atoms with E-state index in [0.29, 0.717) is 0 Å². The number of nitrogens with zero attached hydrogens (tertiary/aromatic N) is 5. The second kappa shape index (κ2) is 7.23. The van der Waals surface area contributed by atoms with Crippen molar-refractivity contribution in [3.05, 3.63) is 57.2 Å². The third-order valence-electron chi connectivity index (χ3n) is 5.64. The zero-order chi connectivity index (χ0) is 21.8. The van der Waals surface area contributed by atoms with Gasteiger partial charge in [-0.25, -0.2) is 0 Å². The molecule has 3 aromatic rings. The molecule has 0 saturated heterocycles. The van der Waals surface area contributed by atoms with Crippen molar-refractivity contribution in [2.75, 3.05) is 0 Å². The summed E-state index contributed by atoms with van der Waals surface area (Å²) in [7, 11) is 0. The molecule has 0 N–H and O–H groups in total. The van der Waals surface area contributed by atoms with E-state index in [1.165, 1.54) is 10.4 Å². The Bertz CT molecular complexity index is 1160. The van der Waals surface area contributed by atoms with E-state index in [9.17, 15) is 4.79 Å². The van der Waals surface area contributed by atoms with Gasteiger partial charge in [0.1, 0.15) is 22.7 Å². The van der Waals surface area contributed by atoms with Gasteiger partial charge in [0.25, 0.3) is 0 Å². The number of thiophene rings is 1. The molecular formula is C23H27N5OS. The minimum absolute atomic E-state index is 0.156. The number of aliphatic imine (C=N–C) groups is 1. The predicted octanol–water partition coefficient (Wildman–Crippen LogP) is 4.85. The summed E-state index contributed by atoms with van der Waals surface area (Å²) < 4.78 is 2.08. The average molecular weight is 422 g/mol. The van der Waals surface area contributed by atoms with Crippen LogP contribution >= 0.6 is 11.3 Å². The topological polar surface area (TPSA) is 73.0 Å². The van der Waals surface area contributed by atoms with Gasteiger partial charge in [0.05, 0.1) is 5.71 Å². The molecule has 0 aliphatic carbocycles. The van der Waals surface area contributed by atoms with Crippen LogP contribution in [0.5, 0.6) is 0 Å². The number of carbonyl (C=O) groups excluding carboxylic acids is 1. The van der Waals surface area contributed by atoms with Crippen molar-refractivity contribution in [1.82, 2.24) is 19.7 Å². The molecule has 0 saturated carbocycles. The second-order valence-electron chi connectivity index (χ2n) is 8.96. The van der Waals surface area contributed by atoms with Crippen LogP contribution in [0.25, 0.3) is 5.00 Å². The minimum atomic E-state index is -0.440. The summed E-state index contributed by atoms with van der Waals surface area (Å²) in [5.41, 5.74) is 4.61. The molecule has 0 amide bonds. The SMILES string of the molecule is Cc1ccc(C2=N[C@@H](CC(=O)C(C)(C)C)c3nnc(C)n3-c3sc(C)c(C)c32)cn1. The fourth-order valence-corrected chi connectivity index (χ4v) is 4.83. The Labute approximate surface area is 181 Å². The van der Waals surface area contributed by atoms with Crippen LogP contribution in [0.4, 0.5) is 0 Å². The first kappa shape index (κ1) is 20.6. The van der Waals surface area contributed by atoms with Crippen LogP contribution in [0.3, 0.4) is 0 Å². The molecule has 0 fully saturated rings. The van der Waals surface area contributed by atoms with E-state index in [0.717, 1.165) is 39.2 Å². The highest BCUT2D eigenvalue weighted by atomic mass is 32.1. The summed E-state index contributed by atoms with van der Waals surface area (Å²) in [6.45, 7) is 14.0. The van der Waals surface area contributed by atoms with Crippen molar-refractivity contribution in [2.24, 2.45) is 10.4 Å². The quantitative estimate of drug-likeness (QED) is 0.606. The van der Waals surface area contributed by atoms with Gasteiger partial charge in [-0.05, 0) is 45.4 Å². The minimum Gasteiger partial charge on any atom is -0.299 e. The van der Waals surface area contributed by atoms with Gasteiger partial charge in [0, 0.05) is 39.7 Å². The number of rotatable bonds is 3. The van der Waals surface area contributed by atoms with Gasteiger partial charge >= 0.3 is 0 Å². The lowest BCUT2D eigenvalue weighted by Crippen LogP contribution is -2.23. The Morgan fingerprint density at radius 2 is 1.87 bits per heavy atom. The lowest BCUT2D eigenvalue weighted by Gasteiger charge is -2.19. The zero-order valence-electron chi connectivity index (χ0n) is 18.6. The van der Waals surface area contributed by atoms with E-state index in [-0.39, 0.29) is 12.2 Å². The highest BCUT2D eigenvalue weighted by molar-refractivity contribution is 7.15. The number of pyridine rings is 1. The van der Waals surface area contributed by atoms with E-state index in [4.69, 9.17) is 4.99 Å². The van der Waals surface area contributed by atoms with Gasteiger partial charge in [-0.2, -0.15) is 0 Å². The maximum absolute atomic E-state index is 12.9. The van der Waals surface area contributed by atoms with Gasteiger partial charge in [-0.3, -0.25) is 19.3 Å². The molecule has 0 unspecified atom stereocenters. The van der Waals surface area contributed by atoms with Gasteiger partial charge in [-0.1, -0.05) is 20.8 Å². The van der Waals surface area contributed by atoms with E-state index < -0.39 is 11.5 Å². The first-order chi connectivity index (χ1) is 14.1. The Kier molecular flexibility index (Phi) is 4.97. The maximum Gasteiger partial charge on any atom is 0.163 e. The number of hydrogen-bond donors (Lipinski definition) is 0. The molecule has 0 spiro atoms. The number of aryl methyl sites for hydroxylation is 3. The average Bonchev–Trinajstić information content (AvgIpc) is 3.14. The van der Waals surface area contributed by atoms with Crippen molar-refractivity contribution in [3.63, 3.8) is 0 Å². The van der Waals surface area contributed by atoms with Crippen LogP contribution < -0.4 is 0 Å². The standard InChI is InChI=1S/C23H27N5OS/c1-12-8-9-16(11-24-12)20-19-13(2)14(3)30-22(19)28-15(4)26-27-21(28)17(25-20)10-18(29)23(5,6)7/h8-9,11,17H,10H2,1-7H3/t17-/m0/s1. The molecule has 0 radical (unpaired) electrons. The van der Waals surface area contributed by atoms with E-state index >= 15 is 0 Å². The summed E-state index contributed by atoms with van der Waals surface area (Å²) in [5.74, 6) is 1.69.